The van der Waals surface area contributed by atoms with Gasteiger partial charge in [-0.05, 0) is 44.0 Å². The fourth-order valence-electron chi connectivity index (χ4n) is 3.45. The van der Waals surface area contributed by atoms with E-state index >= 15 is 0 Å². The van der Waals surface area contributed by atoms with Crippen molar-refractivity contribution < 1.29 is 33.4 Å². The molecule has 9 nitrogen and oxygen atoms in total. The van der Waals surface area contributed by atoms with Crippen molar-refractivity contribution in [3.8, 4) is 0 Å². The number of nitrogens with zero attached hydrogens (tertiary/aromatic N) is 1. The van der Waals surface area contributed by atoms with Crippen molar-refractivity contribution >= 4 is 35.3 Å². The minimum Gasteiger partial charge on any atom is -0.462 e. The number of amides is 3. The Morgan fingerprint density at radius 3 is 2.17 bits per heavy atom. The van der Waals surface area contributed by atoms with E-state index in [1.807, 2.05) is 12.2 Å². The topological polar surface area (TPSA) is 119 Å². The molecular weight excluding hydrogens is 392 g/mol. The Morgan fingerprint density at radius 2 is 1.60 bits per heavy atom. The van der Waals surface area contributed by atoms with E-state index in [4.69, 9.17) is 9.47 Å². The predicted octanol–water partition coefficient (Wildman–Crippen LogP) is 1.30. The average Bonchev–Trinajstić information content (AvgIpc) is 2.98. The normalized spacial score (nSPS) is 20.0. The number of likely N-dealkylation sites (tertiary alicyclic amines) is 1. The van der Waals surface area contributed by atoms with Crippen molar-refractivity contribution in [3.05, 3.63) is 42.0 Å². The highest BCUT2D eigenvalue weighted by Gasteiger charge is 2.47. The molecule has 1 fully saturated rings. The summed E-state index contributed by atoms with van der Waals surface area (Å²) >= 11 is 0. The third kappa shape index (κ3) is 4.73. The molecule has 1 heterocycles. The summed E-state index contributed by atoms with van der Waals surface area (Å²) in [4.78, 5) is 61.2. The lowest BCUT2D eigenvalue weighted by molar-refractivity contribution is -0.154. The summed E-state index contributed by atoms with van der Waals surface area (Å²) in [5.74, 6) is -3.49. The van der Waals surface area contributed by atoms with Crippen LogP contribution in [0.25, 0.3) is 0 Å². The van der Waals surface area contributed by atoms with Crippen LogP contribution in [0.4, 0.5) is 5.69 Å². The Hall–Kier alpha value is -3.49. The van der Waals surface area contributed by atoms with Gasteiger partial charge in [0.25, 0.3) is 5.91 Å². The van der Waals surface area contributed by atoms with Crippen molar-refractivity contribution in [1.29, 1.82) is 0 Å². The van der Waals surface area contributed by atoms with Gasteiger partial charge in [-0.15, -0.1) is 0 Å². The lowest BCUT2D eigenvalue weighted by Crippen LogP contribution is -2.37. The van der Waals surface area contributed by atoms with Crippen molar-refractivity contribution in [1.82, 2.24) is 4.90 Å². The van der Waals surface area contributed by atoms with Crippen molar-refractivity contribution in [3.63, 3.8) is 0 Å². The number of carbonyl (C=O) groups excluding carboxylic acids is 5. The van der Waals surface area contributed by atoms with E-state index in [0.717, 1.165) is 4.90 Å². The van der Waals surface area contributed by atoms with Gasteiger partial charge in [0.1, 0.15) is 6.54 Å². The van der Waals surface area contributed by atoms with Crippen LogP contribution in [0.1, 0.15) is 30.1 Å². The zero-order valence-electron chi connectivity index (χ0n) is 16.5. The van der Waals surface area contributed by atoms with Gasteiger partial charge in [0, 0.05) is 5.69 Å². The van der Waals surface area contributed by atoms with E-state index in [1.165, 1.54) is 24.3 Å². The maximum atomic E-state index is 12.3. The summed E-state index contributed by atoms with van der Waals surface area (Å²) in [7, 11) is 0. The summed E-state index contributed by atoms with van der Waals surface area (Å²) in [6.07, 6.45) is 4.69. The van der Waals surface area contributed by atoms with Crippen LogP contribution in [0.5, 0.6) is 0 Å². The molecule has 1 aliphatic carbocycles. The number of hydrogen-bond acceptors (Lipinski definition) is 7. The molecule has 30 heavy (non-hydrogen) atoms. The van der Waals surface area contributed by atoms with Crippen LogP contribution in [0.3, 0.4) is 0 Å². The fraction of sp³-hybridized carbons (Fsp3) is 0.381. The Labute approximate surface area is 173 Å². The molecule has 1 aromatic rings. The van der Waals surface area contributed by atoms with E-state index in [2.05, 4.69) is 5.32 Å². The van der Waals surface area contributed by atoms with Gasteiger partial charge in [0.05, 0.1) is 24.0 Å². The second kappa shape index (κ2) is 9.34. The minimum atomic E-state index is -0.837. The molecule has 158 valence electrons. The molecule has 1 aromatic carbocycles. The molecule has 3 rings (SSSR count). The SMILES string of the molecule is CCOC(=O)c1ccc(NC(=O)COC(=O)CN2C(=O)[C@H]3CC=CC[C@H]3C2=O)cc1. The summed E-state index contributed by atoms with van der Waals surface area (Å²) in [5.41, 5.74) is 0.752. The minimum absolute atomic E-state index is 0.259. The molecule has 0 bridgehead atoms. The van der Waals surface area contributed by atoms with Crippen LogP contribution in [-0.4, -0.2) is 54.3 Å². The van der Waals surface area contributed by atoms with Gasteiger partial charge < -0.3 is 14.8 Å². The number of esters is 2. The van der Waals surface area contributed by atoms with Crippen LogP contribution in [-0.2, 0) is 28.7 Å². The molecule has 2 atom stereocenters. The standard InChI is InChI=1S/C21H22N2O7/c1-2-29-21(28)13-7-9-14(10-8-13)22-17(24)12-30-18(25)11-23-19(26)15-5-3-4-6-16(15)20(23)27/h3-4,7-10,15-16H,2,5-6,11-12H2,1H3,(H,22,24)/t15-,16+. The molecular formula is C21H22N2O7. The fourth-order valence-corrected chi connectivity index (χ4v) is 3.45. The molecule has 0 saturated carbocycles. The molecule has 0 unspecified atom stereocenters. The summed E-state index contributed by atoms with van der Waals surface area (Å²) < 4.78 is 9.77. The zero-order chi connectivity index (χ0) is 21.7. The van der Waals surface area contributed by atoms with Crippen LogP contribution in [0.15, 0.2) is 36.4 Å². The highest BCUT2D eigenvalue weighted by molar-refractivity contribution is 6.07. The van der Waals surface area contributed by atoms with Crippen molar-refractivity contribution in [2.24, 2.45) is 11.8 Å². The quantitative estimate of drug-likeness (QED) is 0.406. The molecule has 1 aliphatic heterocycles. The van der Waals surface area contributed by atoms with Crippen LogP contribution >= 0.6 is 0 Å². The van der Waals surface area contributed by atoms with E-state index in [-0.39, 0.29) is 18.4 Å². The van der Waals surface area contributed by atoms with Gasteiger partial charge >= 0.3 is 11.9 Å². The summed E-state index contributed by atoms with van der Waals surface area (Å²) in [6.45, 7) is 0.887. The average molecular weight is 414 g/mol. The third-order valence-corrected chi connectivity index (χ3v) is 4.93. The van der Waals surface area contributed by atoms with Gasteiger partial charge in [-0.3, -0.25) is 24.1 Å². The Balaban J connectivity index is 1.46. The first kappa shape index (κ1) is 21.2. The number of hydrogen-bond donors (Lipinski definition) is 1. The lowest BCUT2D eigenvalue weighted by atomic mass is 9.85. The Morgan fingerprint density at radius 1 is 1.00 bits per heavy atom. The molecule has 1 N–H and O–H groups in total. The third-order valence-electron chi connectivity index (χ3n) is 4.93. The van der Waals surface area contributed by atoms with Crippen LogP contribution < -0.4 is 5.32 Å². The van der Waals surface area contributed by atoms with Crippen LogP contribution in [0, 0.1) is 11.8 Å². The van der Waals surface area contributed by atoms with E-state index in [9.17, 15) is 24.0 Å². The molecule has 3 amide bonds. The number of ether oxygens (including phenoxy) is 2. The maximum Gasteiger partial charge on any atom is 0.338 e. The molecule has 2 aliphatic rings. The number of imide groups is 1. The van der Waals surface area contributed by atoms with Gasteiger partial charge in [-0.2, -0.15) is 0 Å². The lowest BCUT2D eigenvalue weighted by Gasteiger charge is -2.14. The predicted molar refractivity (Wildman–Crippen MR) is 104 cm³/mol. The zero-order valence-corrected chi connectivity index (χ0v) is 16.5. The first-order valence-corrected chi connectivity index (χ1v) is 9.63. The number of allylic oxidation sites excluding steroid dienone is 2. The number of fused-ring (bicyclic) bond motifs is 1. The summed E-state index contributed by atoms with van der Waals surface area (Å²) in [6, 6.07) is 6.03. The van der Waals surface area contributed by atoms with Gasteiger partial charge in [-0.25, -0.2) is 4.79 Å². The maximum absolute atomic E-state index is 12.3. The van der Waals surface area contributed by atoms with Gasteiger partial charge in [-0.1, -0.05) is 12.2 Å². The number of benzene rings is 1. The van der Waals surface area contributed by atoms with E-state index in [0.29, 0.717) is 24.1 Å². The van der Waals surface area contributed by atoms with Crippen molar-refractivity contribution in [2.45, 2.75) is 19.8 Å². The highest BCUT2D eigenvalue weighted by Crippen LogP contribution is 2.34. The number of rotatable bonds is 7. The smallest absolute Gasteiger partial charge is 0.338 e. The second-order valence-electron chi connectivity index (χ2n) is 6.93. The van der Waals surface area contributed by atoms with Gasteiger partial charge in [0.15, 0.2) is 6.61 Å². The molecule has 0 aromatic heterocycles. The van der Waals surface area contributed by atoms with Crippen molar-refractivity contribution in [2.75, 3.05) is 25.1 Å². The number of anilines is 1. The molecule has 0 spiro atoms. The second-order valence-corrected chi connectivity index (χ2v) is 6.93. The Bertz CT molecular complexity index is 865. The summed E-state index contributed by atoms with van der Waals surface area (Å²) in [5, 5.41) is 2.52. The first-order valence-electron chi connectivity index (χ1n) is 9.63. The number of nitrogens with one attached hydrogen (secondary N) is 1. The highest BCUT2D eigenvalue weighted by atomic mass is 16.5. The van der Waals surface area contributed by atoms with Crippen LogP contribution in [0.2, 0.25) is 0 Å². The molecule has 9 heteroatoms. The van der Waals surface area contributed by atoms with E-state index in [1.54, 1.807) is 6.92 Å². The Kier molecular flexibility index (Phi) is 6.61. The van der Waals surface area contributed by atoms with Gasteiger partial charge in [0.2, 0.25) is 11.8 Å². The molecule has 0 radical (unpaired) electrons. The first-order chi connectivity index (χ1) is 14.4. The molecule has 1 saturated heterocycles. The van der Waals surface area contributed by atoms with E-state index < -0.39 is 42.8 Å². The monoisotopic (exact) mass is 414 g/mol. The number of carbonyl (C=O) groups is 5. The largest absolute Gasteiger partial charge is 0.462 e.